The van der Waals surface area contributed by atoms with Gasteiger partial charge in [-0.25, -0.2) is 9.78 Å². The van der Waals surface area contributed by atoms with E-state index in [1.807, 2.05) is 12.1 Å². The Morgan fingerprint density at radius 3 is 2.67 bits per heavy atom. The molecule has 6 rings (SSSR count). The lowest BCUT2D eigenvalue weighted by Crippen LogP contribution is -2.37. The summed E-state index contributed by atoms with van der Waals surface area (Å²) in [4.78, 5) is 22.0. The second-order valence-electron chi connectivity index (χ2n) is 12.6. The quantitative estimate of drug-likeness (QED) is 0.281. The zero-order valence-corrected chi connectivity index (χ0v) is 25.4. The first-order chi connectivity index (χ1) is 20.5. The maximum atomic E-state index is 12.0. The van der Waals surface area contributed by atoms with Crippen LogP contribution in [0.5, 0.6) is 0 Å². The van der Waals surface area contributed by atoms with Crippen LogP contribution in [0.25, 0.3) is 28.4 Å². The van der Waals surface area contributed by atoms with E-state index < -0.39 is 5.97 Å². The summed E-state index contributed by atoms with van der Waals surface area (Å²) in [6.07, 6.45) is 16.1. The minimum Gasteiger partial charge on any atom is -0.477 e. The van der Waals surface area contributed by atoms with Gasteiger partial charge in [-0.2, -0.15) is 0 Å². The number of aromatic nitrogens is 2. The van der Waals surface area contributed by atoms with E-state index in [1.54, 1.807) is 6.07 Å². The molecule has 3 aliphatic rings. The highest BCUT2D eigenvalue weighted by Crippen LogP contribution is 2.48. The number of pyridine rings is 1. The number of aromatic carboxylic acids is 1. The van der Waals surface area contributed by atoms with Crippen molar-refractivity contribution < 1.29 is 9.90 Å². The standard InChI is InChI=1S/C36H46N4O2/c1-4-6-14-28-25(3)15-16-30-33(28)39(21-19-26-11-10-20-38(5-2)24-26)22-23-40-34(30)32(27-12-8-7-9-13-27)29-17-18-31(36(41)42)37-35(29)40/h4,6,14-18,26-27H,1,5,7-13,19-24H2,2-3H3,(H,41,42)/b14-6-. The van der Waals surface area contributed by atoms with E-state index in [4.69, 9.17) is 4.98 Å². The van der Waals surface area contributed by atoms with Crippen LogP contribution in [0.2, 0.25) is 0 Å². The summed E-state index contributed by atoms with van der Waals surface area (Å²) in [7, 11) is 0. The predicted molar refractivity (Wildman–Crippen MR) is 174 cm³/mol. The van der Waals surface area contributed by atoms with Gasteiger partial charge in [0.15, 0.2) is 5.69 Å². The largest absolute Gasteiger partial charge is 0.477 e. The summed E-state index contributed by atoms with van der Waals surface area (Å²) in [6.45, 7) is 14.7. The van der Waals surface area contributed by atoms with Crippen molar-refractivity contribution in [3.05, 3.63) is 65.4 Å². The molecule has 1 aliphatic carbocycles. The number of carboxylic acids is 1. The van der Waals surface area contributed by atoms with Crippen LogP contribution in [-0.2, 0) is 6.54 Å². The van der Waals surface area contributed by atoms with Gasteiger partial charge >= 0.3 is 5.97 Å². The van der Waals surface area contributed by atoms with E-state index in [0.717, 1.165) is 43.1 Å². The fourth-order valence-corrected chi connectivity index (χ4v) is 7.86. The highest BCUT2D eigenvalue weighted by atomic mass is 16.4. The van der Waals surface area contributed by atoms with Gasteiger partial charge in [-0.3, -0.25) is 0 Å². The minimum atomic E-state index is -0.969. The number of nitrogens with zero attached hydrogens (tertiary/aromatic N) is 4. The van der Waals surface area contributed by atoms with Crippen molar-refractivity contribution in [3.8, 4) is 11.3 Å². The first-order valence-electron chi connectivity index (χ1n) is 16.2. The highest BCUT2D eigenvalue weighted by molar-refractivity contribution is 5.98. The van der Waals surface area contributed by atoms with Crippen molar-refractivity contribution >= 4 is 28.8 Å². The van der Waals surface area contributed by atoms with Crippen molar-refractivity contribution in [3.63, 3.8) is 0 Å². The summed E-state index contributed by atoms with van der Waals surface area (Å²) in [5.41, 5.74) is 8.69. The van der Waals surface area contributed by atoms with Gasteiger partial charge in [-0.15, -0.1) is 0 Å². The maximum Gasteiger partial charge on any atom is 0.354 e. The average Bonchev–Trinajstić information content (AvgIpc) is 3.24. The zero-order valence-electron chi connectivity index (χ0n) is 25.4. The molecule has 222 valence electrons. The molecule has 1 aromatic carbocycles. The first-order valence-corrected chi connectivity index (χ1v) is 16.2. The zero-order chi connectivity index (χ0) is 29.2. The van der Waals surface area contributed by atoms with E-state index in [9.17, 15) is 9.90 Å². The topological polar surface area (TPSA) is 61.6 Å². The minimum absolute atomic E-state index is 0.121. The molecule has 2 aromatic heterocycles. The van der Waals surface area contributed by atoms with Crippen molar-refractivity contribution in [2.45, 2.75) is 77.7 Å². The third-order valence-corrected chi connectivity index (χ3v) is 10.0. The predicted octanol–water partition coefficient (Wildman–Crippen LogP) is 7.90. The van der Waals surface area contributed by atoms with Crippen molar-refractivity contribution in [2.75, 3.05) is 37.6 Å². The summed E-state index contributed by atoms with van der Waals surface area (Å²) < 4.78 is 2.36. The van der Waals surface area contributed by atoms with Crippen LogP contribution in [0, 0.1) is 12.8 Å². The van der Waals surface area contributed by atoms with Crippen molar-refractivity contribution in [2.24, 2.45) is 5.92 Å². The van der Waals surface area contributed by atoms with E-state index in [1.165, 1.54) is 98.1 Å². The molecule has 0 bridgehead atoms. The molecule has 6 heteroatoms. The summed E-state index contributed by atoms with van der Waals surface area (Å²) in [5.74, 6) is 0.216. The maximum absolute atomic E-state index is 12.0. The van der Waals surface area contributed by atoms with Crippen molar-refractivity contribution in [1.82, 2.24) is 14.5 Å². The highest BCUT2D eigenvalue weighted by Gasteiger charge is 2.33. The van der Waals surface area contributed by atoms with Gasteiger partial charge in [0.1, 0.15) is 5.65 Å². The molecule has 0 amide bonds. The van der Waals surface area contributed by atoms with Gasteiger partial charge in [0, 0.05) is 42.7 Å². The molecule has 1 N–H and O–H groups in total. The number of benzene rings is 1. The van der Waals surface area contributed by atoms with Gasteiger partial charge in [0.05, 0.1) is 11.4 Å². The van der Waals surface area contributed by atoms with Gasteiger partial charge in [-0.05, 0) is 87.2 Å². The monoisotopic (exact) mass is 566 g/mol. The Morgan fingerprint density at radius 1 is 1.07 bits per heavy atom. The van der Waals surface area contributed by atoms with Crippen LogP contribution in [0.1, 0.15) is 91.4 Å². The van der Waals surface area contributed by atoms with Gasteiger partial charge in [0.2, 0.25) is 0 Å². The second kappa shape index (κ2) is 12.5. The van der Waals surface area contributed by atoms with Crippen LogP contribution in [0.15, 0.2) is 43.0 Å². The Bertz CT molecular complexity index is 1500. The molecule has 1 saturated carbocycles. The molecule has 2 fully saturated rings. The Labute approximate surface area is 250 Å². The number of hydrogen-bond donors (Lipinski definition) is 1. The summed E-state index contributed by atoms with van der Waals surface area (Å²) in [6, 6.07) is 8.31. The normalized spacial score (nSPS) is 20.0. The van der Waals surface area contributed by atoms with E-state index in [2.05, 4.69) is 59.1 Å². The van der Waals surface area contributed by atoms with Crippen LogP contribution < -0.4 is 4.90 Å². The third kappa shape index (κ3) is 5.42. The molecule has 4 heterocycles. The molecule has 2 aliphatic heterocycles. The molecular formula is C36H46N4O2. The number of carboxylic acid groups (broad SMARTS) is 1. The van der Waals surface area contributed by atoms with E-state index >= 15 is 0 Å². The molecule has 1 saturated heterocycles. The number of anilines is 1. The number of likely N-dealkylation sites (tertiary alicyclic amines) is 1. The van der Waals surface area contributed by atoms with Gasteiger partial charge in [0.25, 0.3) is 0 Å². The lowest BCUT2D eigenvalue weighted by atomic mass is 9.81. The molecule has 42 heavy (non-hydrogen) atoms. The number of allylic oxidation sites excluding steroid dienone is 2. The molecule has 1 atom stereocenters. The van der Waals surface area contributed by atoms with Gasteiger partial charge < -0.3 is 19.5 Å². The van der Waals surface area contributed by atoms with Crippen molar-refractivity contribution in [1.29, 1.82) is 0 Å². The Morgan fingerprint density at radius 2 is 1.90 bits per heavy atom. The Balaban J connectivity index is 1.52. The molecule has 0 radical (unpaired) electrons. The lowest BCUT2D eigenvalue weighted by molar-refractivity contribution is 0.0691. The Hall–Kier alpha value is -3.38. The van der Waals surface area contributed by atoms with E-state index in [0.29, 0.717) is 5.92 Å². The number of piperidine rings is 1. The third-order valence-electron chi connectivity index (χ3n) is 10.0. The fourth-order valence-electron chi connectivity index (χ4n) is 7.86. The molecule has 0 spiro atoms. The Kier molecular flexibility index (Phi) is 8.53. The summed E-state index contributed by atoms with van der Waals surface area (Å²) >= 11 is 0. The number of rotatable bonds is 8. The van der Waals surface area contributed by atoms with Gasteiger partial charge in [-0.1, -0.05) is 63.1 Å². The smallest absolute Gasteiger partial charge is 0.354 e. The lowest BCUT2D eigenvalue weighted by Gasteiger charge is -2.34. The molecular weight excluding hydrogens is 520 g/mol. The first kappa shape index (κ1) is 28.7. The fraction of sp³-hybridized carbons (Fsp3) is 0.500. The molecule has 3 aromatic rings. The number of hydrogen-bond acceptors (Lipinski definition) is 4. The van der Waals surface area contributed by atoms with Crippen LogP contribution in [0.4, 0.5) is 5.69 Å². The molecule has 6 nitrogen and oxygen atoms in total. The number of carbonyl (C=O) groups is 1. The van der Waals surface area contributed by atoms with E-state index in [-0.39, 0.29) is 5.69 Å². The van der Waals surface area contributed by atoms with Crippen LogP contribution in [0.3, 0.4) is 0 Å². The number of aryl methyl sites for hydroxylation is 1. The SMILES string of the molecule is C=C/C=C\c1c(C)ccc2c1N(CCC1CCCN(CC)C1)CCn1c-2c(C2CCCCC2)c2ccc(C(=O)O)nc21. The summed E-state index contributed by atoms with van der Waals surface area (Å²) in [5, 5.41) is 11.0. The average molecular weight is 567 g/mol. The second-order valence-corrected chi connectivity index (χ2v) is 12.6. The molecule has 1 unspecified atom stereocenters. The number of fused-ring (bicyclic) bond motifs is 5. The van der Waals surface area contributed by atoms with Crippen LogP contribution >= 0.6 is 0 Å². The van der Waals surface area contributed by atoms with Crippen LogP contribution in [-0.4, -0.2) is 58.3 Å².